The first-order valence-corrected chi connectivity index (χ1v) is 15.2. The summed E-state index contributed by atoms with van der Waals surface area (Å²) in [6.07, 6.45) is 0. The van der Waals surface area contributed by atoms with Gasteiger partial charge in [-0.1, -0.05) is 139 Å². The zero-order valence-electron chi connectivity index (χ0n) is 45.4. The summed E-state index contributed by atoms with van der Waals surface area (Å²) in [6.45, 7) is 0. The van der Waals surface area contributed by atoms with Crippen LogP contribution in [0.3, 0.4) is 0 Å². The highest BCUT2D eigenvalue weighted by atomic mass is 15.2. The van der Waals surface area contributed by atoms with Crippen molar-refractivity contribution in [3.8, 4) is 45.5 Å². The van der Waals surface area contributed by atoms with Crippen molar-refractivity contribution in [3.05, 3.63) is 175 Å². The highest BCUT2D eigenvalue weighted by Gasteiger charge is 2.21. The molecule has 10 aromatic rings. The molecule has 5 nitrogen and oxygen atoms in total. The molecule has 0 unspecified atom stereocenters. The molecule has 0 amide bonds. The molecule has 0 atom stereocenters. The molecule has 0 fully saturated rings. The van der Waals surface area contributed by atoms with Crippen molar-refractivity contribution in [2.24, 2.45) is 0 Å². The van der Waals surface area contributed by atoms with Gasteiger partial charge in [0.05, 0.1) is 55.2 Å². The van der Waals surface area contributed by atoms with Crippen LogP contribution in [0.25, 0.3) is 89.2 Å². The van der Waals surface area contributed by atoms with Crippen LogP contribution in [0, 0.1) is 0 Å². The number of nitrogens with zero attached hydrogens (tertiary/aromatic N) is 5. The second kappa shape index (κ2) is 11.4. The molecule has 0 N–H and O–H groups in total. The SMILES string of the molecule is [2H]c1c([2H])c([2H])c(-n2c3c([2H])c([2H])c([2H])c([2H])c3c3c([2H])c([2H])c([2H])c([2H])c32)c(-c2nc(-c3ccc(-c4ccccc4)cc3)nc(-n3c4c([2H])c([2H])c([2H])c([2H])c4c4c([2H])c([2H])c([2H])c([2H])c43)n2)c1[2H]. The van der Waals surface area contributed by atoms with Crippen molar-refractivity contribution >= 4 is 43.6 Å². The largest absolute Gasteiger partial charge is 0.309 e. The third-order valence-electron chi connectivity index (χ3n) is 8.25. The maximum Gasteiger partial charge on any atom is 0.238 e. The Morgan fingerprint density at radius 2 is 0.820 bits per heavy atom. The van der Waals surface area contributed by atoms with E-state index in [0.29, 0.717) is 0 Å². The van der Waals surface area contributed by atoms with Gasteiger partial charge in [0.1, 0.15) is 0 Å². The third kappa shape index (κ3) is 4.45. The summed E-state index contributed by atoms with van der Waals surface area (Å²) >= 11 is 0. The van der Waals surface area contributed by atoms with Gasteiger partial charge in [-0.25, -0.2) is 4.98 Å². The van der Waals surface area contributed by atoms with Gasteiger partial charge >= 0.3 is 0 Å². The molecule has 0 aliphatic carbocycles. The van der Waals surface area contributed by atoms with E-state index in [0.717, 1.165) is 20.3 Å². The van der Waals surface area contributed by atoms with E-state index >= 15 is 0 Å². The lowest BCUT2D eigenvalue weighted by atomic mass is 10.0. The summed E-state index contributed by atoms with van der Waals surface area (Å²) in [4.78, 5) is 14.2. The molecule has 3 aromatic heterocycles. The molecule has 50 heavy (non-hydrogen) atoms. The van der Waals surface area contributed by atoms with E-state index < -0.39 is 166 Å². The smallest absolute Gasteiger partial charge is 0.238 e. The van der Waals surface area contributed by atoms with E-state index in [1.165, 1.54) is 0 Å². The van der Waals surface area contributed by atoms with E-state index in [1.807, 2.05) is 30.3 Å². The normalized spacial score (nSPS) is 17.2. The van der Waals surface area contributed by atoms with Crippen LogP contribution in [-0.2, 0) is 0 Å². The Bertz CT molecular complexity index is 3850. The molecule has 7 aromatic carbocycles. The van der Waals surface area contributed by atoms with Gasteiger partial charge in [0.2, 0.25) is 5.95 Å². The van der Waals surface area contributed by atoms with Gasteiger partial charge in [-0.05, 0) is 47.4 Å². The third-order valence-corrected chi connectivity index (χ3v) is 8.25. The number of hydrogen-bond acceptors (Lipinski definition) is 3. The topological polar surface area (TPSA) is 48.5 Å². The zero-order valence-corrected chi connectivity index (χ0v) is 25.4. The standard InChI is InChI=1S/C45H29N5/c1-2-14-30(15-3-1)31-26-28-32(29-27-31)43-46-44(48-45(47-43)50-40-23-11-6-18-35(40)36-19-7-12-24-41(36)50)37-20-8-13-25-42(37)49-38-21-9-4-16-33(38)34-17-5-10-22-39(34)49/h1-29H/i4D,5D,6D,7D,8D,9D,10D,11D,12D,13D,16D,17D,18D,19D,20D,21D,22D,23D,24D,25D. The van der Waals surface area contributed by atoms with Gasteiger partial charge in [0.15, 0.2) is 11.6 Å². The Kier molecular flexibility index (Phi) is 3.36. The van der Waals surface area contributed by atoms with E-state index in [4.69, 9.17) is 39.6 Å². The number of aromatic nitrogens is 5. The molecule has 234 valence electrons. The second-order valence-corrected chi connectivity index (χ2v) is 11.0. The highest BCUT2D eigenvalue weighted by molar-refractivity contribution is 6.10. The molecule has 0 saturated heterocycles. The zero-order chi connectivity index (χ0) is 50.4. The predicted octanol–water partition coefficient (Wildman–Crippen LogP) is 11.1. The van der Waals surface area contributed by atoms with Gasteiger partial charge < -0.3 is 4.57 Å². The van der Waals surface area contributed by atoms with Crippen molar-refractivity contribution in [3.63, 3.8) is 0 Å². The Balaban J connectivity index is 1.43. The number of benzene rings is 7. The van der Waals surface area contributed by atoms with E-state index in [-0.39, 0.29) is 33.2 Å². The van der Waals surface area contributed by atoms with Crippen LogP contribution in [0.4, 0.5) is 0 Å². The lowest BCUT2D eigenvalue weighted by molar-refractivity contribution is 0.951. The molecule has 0 radical (unpaired) electrons. The van der Waals surface area contributed by atoms with E-state index in [1.54, 1.807) is 24.3 Å². The van der Waals surface area contributed by atoms with Crippen LogP contribution >= 0.6 is 0 Å². The molecule has 0 bridgehead atoms. The quantitative estimate of drug-likeness (QED) is 0.185. The minimum Gasteiger partial charge on any atom is -0.309 e. The van der Waals surface area contributed by atoms with Crippen LogP contribution in [0.1, 0.15) is 27.4 Å². The van der Waals surface area contributed by atoms with Crippen molar-refractivity contribution in [2.45, 2.75) is 0 Å². The lowest BCUT2D eigenvalue weighted by Gasteiger charge is -2.15. The van der Waals surface area contributed by atoms with E-state index in [9.17, 15) is 2.74 Å². The Labute approximate surface area is 316 Å². The molecule has 0 aliphatic heterocycles. The monoisotopic (exact) mass is 659 g/mol. The van der Waals surface area contributed by atoms with Gasteiger partial charge in [-0.2, -0.15) is 9.97 Å². The first-order chi connectivity index (χ1) is 33.1. The lowest BCUT2D eigenvalue weighted by Crippen LogP contribution is -2.07. The summed E-state index contributed by atoms with van der Waals surface area (Å²) in [5.74, 6) is -1.41. The predicted molar refractivity (Wildman–Crippen MR) is 205 cm³/mol. The fourth-order valence-electron chi connectivity index (χ4n) is 6.05. The first kappa shape index (κ1) is 14.7. The number of rotatable bonds is 5. The van der Waals surface area contributed by atoms with E-state index in [2.05, 4.69) is 0 Å². The van der Waals surface area contributed by atoms with Gasteiger partial charge in [-0.15, -0.1) is 0 Å². The second-order valence-electron chi connectivity index (χ2n) is 11.0. The maximum atomic E-state index is 9.49. The molecule has 3 heterocycles. The fraction of sp³-hybridized carbons (Fsp3) is 0. The summed E-state index contributed by atoms with van der Waals surface area (Å²) in [6, 6.07) is 0.822. The number of fused-ring (bicyclic) bond motifs is 6. The Morgan fingerprint density at radius 3 is 1.40 bits per heavy atom. The minimum atomic E-state index is -0.874. The summed E-state index contributed by atoms with van der Waals surface area (Å²) in [7, 11) is 0. The molecular formula is C45H29N5. The number of para-hydroxylation sites is 5. The average molecular weight is 660 g/mol. The highest BCUT2D eigenvalue weighted by Crippen LogP contribution is 2.37. The van der Waals surface area contributed by atoms with Crippen LogP contribution in [0.5, 0.6) is 0 Å². The summed E-state index contributed by atoms with van der Waals surface area (Å²) in [5.41, 5.74) is -1.13. The van der Waals surface area contributed by atoms with Gasteiger partial charge in [0.25, 0.3) is 0 Å². The van der Waals surface area contributed by atoms with Crippen LogP contribution in [0.15, 0.2) is 175 Å². The van der Waals surface area contributed by atoms with Crippen LogP contribution < -0.4 is 0 Å². The fourth-order valence-corrected chi connectivity index (χ4v) is 6.05. The summed E-state index contributed by atoms with van der Waals surface area (Å²) in [5, 5.41) is -1.43. The Morgan fingerprint density at radius 1 is 0.380 bits per heavy atom. The van der Waals surface area contributed by atoms with Crippen LogP contribution in [0.2, 0.25) is 0 Å². The molecule has 0 aliphatic rings. The van der Waals surface area contributed by atoms with Gasteiger partial charge in [0, 0.05) is 32.7 Å². The van der Waals surface area contributed by atoms with Crippen molar-refractivity contribution in [2.75, 3.05) is 0 Å². The maximum absolute atomic E-state index is 9.49. The molecule has 0 spiro atoms. The number of hydrogen-bond donors (Lipinski definition) is 0. The van der Waals surface area contributed by atoms with Gasteiger partial charge in [-0.3, -0.25) is 4.57 Å². The molecular weight excluding hydrogens is 611 g/mol. The van der Waals surface area contributed by atoms with Crippen molar-refractivity contribution in [1.82, 2.24) is 24.1 Å². The summed E-state index contributed by atoms with van der Waals surface area (Å²) < 4.78 is 180. The minimum absolute atomic E-state index is 0.235. The molecule has 10 rings (SSSR count). The van der Waals surface area contributed by atoms with Crippen molar-refractivity contribution in [1.29, 1.82) is 0 Å². The van der Waals surface area contributed by atoms with Crippen LogP contribution in [-0.4, -0.2) is 24.1 Å². The average Bonchev–Trinajstić information content (AvgIpc) is 3.92. The molecule has 5 heteroatoms. The van der Waals surface area contributed by atoms with Crippen molar-refractivity contribution < 1.29 is 27.4 Å². The molecule has 0 saturated carbocycles. The Hall–Kier alpha value is -6.85. The first-order valence-electron chi connectivity index (χ1n) is 25.2.